The molecule has 3 heteroatoms. The van der Waals surface area contributed by atoms with Crippen molar-refractivity contribution >= 4 is 5.78 Å². The molecule has 1 saturated carbocycles. The molecule has 1 aromatic rings. The number of aromatic nitrogens is 2. The summed E-state index contributed by atoms with van der Waals surface area (Å²) in [6, 6.07) is 0. The second kappa shape index (κ2) is 3.72. The van der Waals surface area contributed by atoms with Crippen LogP contribution in [0.15, 0.2) is 18.6 Å². The largest absolute Gasteiger partial charge is 0.292 e. The number of carbonyl (C=O) groups excluding carboxylic acids is 1. The fraction of sp³-hybridized carbons (Fsp3) is 0.583. The van der Waals surface area contributed by atoms with E-state index in [0.717, 1.165) is 19.3 Å². The van der Waals surface area contributed by atoms with E-state index in [2.05, 4.69) is 23.8 Å². The Labute approximate surface area is 89.9 Å². The minimum atomic E-state index is 0.120. The monoisotopic (exact) mass is 204 g/mol. The number of carbonyl (C=O) groups is 1. The van der Waals surface area contributed by atoms with Gasteiger partial charge in [-0.25, -0.2) is 4.98 Å². The molecule has 0 radical (unpaired) electrons. The second-order valence-electron chi connectivity index (χ2n) is 4.89. The molecule has 0 N–H and O–H groups in total. The van der Waals surface area contributed by atoms with Crippen LogP contribution < -0.4 is 0 Å². The van der Waals surface area contributed by atoms with Gasteiger partial charge in [0.1, 0.15) is 5.69 Å². The van der Waals surface area contributed by atoms with E-state index in [0.29, 0.717) is 5.69 Å². The Morgan fingerprint density at radius 2 is 2.27 bits per heavy atom. The normalized spacial score (nSPS) is 24.0. The van der Waals surface area contributed by atoms with Gasteiger partial charge in [-0.05, 0) is 18.3 Å². The minimum absolute atomic E-state index is 0.120. The van der Waals surface area contributed by atoms with Gasteiger partial charge in [0.05, 0.1) is 6.20 Å². The molecule has 0 spiro atoms. The number of hydrogen-bond acceptors (Lipinski definition) is 3. The molecule has 15 heavy (non-hydrogen) atoms. The van der Waals surface area contributed by atoms with Crippen molar-refractivity contribution in [1.82, 2.24) is 9.97 Å². The highest BCUT2D eigenvalue weighted by Gasteiger charge is 2.39. The molecule has 0 aromatic carbocycles. The van der Waals surface area contributed by atoms with Crippen LogP contribution in [-0.2, 0) is 0 Å². The molecule has 0 aliphatic heterocycles. The van der Waals surface area contributed by atoms with E-state index in [-0.39, 0.29) is 17.1 Å². The summed E-state index contributed by atoms with van der Waals surface area (Å²) in [7, 11) is 0. The van der Waals surface area contributed by atoms with E-state index < -0.39 is 0 Å². The van der Waals surface area contributed by atoms with E-state index in [1.54, 1.807) is 18.6 Å². The molecule has 80 valence electrons. The first-order valence-corrected chi connectivity index (χ1v) is 5.41. The van der Waals surface area contributed by atoms with Gasteiger partial charge in [0.2, 0.25) is 0 Å². The summed E-state index contributed by atoms with van der Waals surface area (Å²) >= 11 is 0. The lowest BCUT2D eigenvalue weighted by Gasteiger charge is -2.25. The maximum Gasteiger partial charge on any atom is 0.186 e. The number of hydrogen-bond donors (Lipinski definition) is 0. The molecular weight excluding hydrogens is 188 g/mol. The third-order valence-electron chi connectivity index (χ3n) is 3.39. The average Bonchev–Trinajstić information content (AvgIpc) is 2.58. The minimum Gasteiger partial charge on any atom is -0.292 e. The van der Waals surface area contributed by atoms with Crippen LogP contribution in [0.4, 0.5) is 0 Å². The van der Waals surface area contributed by atoms with Gasteiger partial charge in [0, 0.05) is 18.3 Å². The Balaban J connectivity index is 2.22. The molecule has 1 aliphatic carbocycles. The van der Waals surface area contributed by atoms with Gasteiger partial charge in [-0.3, -0.25) is 9.78 Å². The molecule has 0 saturated heterocycles. The van der Waals surface area contributed by atoms with Crippen molar-refractivity contribution in [3.63, 3.8) is 0 Å². The van der Waals surface area contributed by atoms with Gasteiger partial charge in [-0.1, -0.05) is 20.3 Å². The number of rotatable bonds is 2. The molecule has 1 atom stereocenters. The van der Waals surface area contributed by atoms with Crippen molar-refractivity contribution in [2.24, 2.45) is 11.3 Å². The van der Waals surface area contributed by atoms with Crippen LogP contribution in [0.1, 0.15) is 43.6 Å². The lowest BCUT2D eigenvalue weighted by molar-refractivity contribution is 0.0833. The highest BCUT2D eigenvalue weighted by atomic mass is 16.1. The topological polar surface area (TPSA) is 42.9 Å². The van der Waals surface area contributed by atoms with Crippen molar-refractivity contribution in [1.29, 1.82) is 0 Å². The van der Waals surface area contributed by atoms with Crippen molar-refractivity contribution in [3.8, 4) is 0 Å². The van der Waals surface area contributed by atoms with Crippen LogP contribution in [0.2, 0.25) is 0 Å². The summed E-state index contributed by atoms with van der Waals surface area (Å²) in [5, 5.41) is 0. The summed E-state index contributed by atoms with van der Waals surface area (Å²) < 4.78 is 0. The van der Waals surface area contributed by atoms with Crippen LogP contribution in [0.3, 0.4) is 0 Å². The van der Waals surface area contributed by atoms with Gasteiger partial charge >= 0.3 is 0 Å². The zero-order valence-corrected chi connectivity index (χ0v) is 9.23. The zero-order chi connectivity index (χ0) is 10.9. The highest BCUT2D eigenvalue weighted by Crippen LogP contribution is 2.43. The fourth-order valence-electron chi connectivity index (χ4n) is 2.42. The standard InChI is InChI=1S/C12H16N2O/c1-12(2)5-3-4-9(12)11(15)10-8-13-6-7-14-10/h6-9H,3-5H2,1-2H3. The third-order valence-corrected chi connectivity index (χ3v) is 3.39. The van der Waals surface area contributed by atoms with E-state index in [1.807, 2.05) is 0 Å². The molecule has 1 heterocycles. The van der Waals surface area contributed by atoms with Gasteiger partial charge < -0.3 is 0 Å². The molecule has 3 nitrogen and oxygen atoms in total. The van der Waals surface area contributed by atoms with Crippen LogP contribution in [0.5, 0.6) is 0 Å². The summed E-state index contributed by atoms with van der Waals surface area (Å²) in [5.74, 6) is 0.278. The molecule has 1 aromatic heterocycles. The van der Waals surface area contributed by atoms with Crippen molar-refractivity contribution in [3.05, 3.63) is 24.3 Å². The molecule has 0 bridgehead atoms. The molecule has 1 aliphatic rings. The van der Waals surface area contributed by atoms with Crippen LogP contribution in [-0.4, -0.2) is 15.8 Å². The van der Waals surface area contributed by atoms with E-state index in [1.165, 1.54) is 0 Å². The zero-order valence-electron chi connectivity index (χ0n) is 9.23. The maximum absolute atomic E-state index is 12.2. The second-order valence-corrected chi connectivity index (χ2v) is 4.89. The lowest BCUT2D eigenvalue weighted by Crippen LogP contribution is -2.26. The quantitative estimate of drug-likeness (QED) is 0.695. The van der Waals surface area contributed by atoms with Crippen LogP contribution in [0, 0.1) is 11.3 Å². The molecule has 2 rings (SSSR count). The highest BCUT2D eigenvalue weighted by molar-refractivity contribution is 5.96. The van der Waals surface area contributed by atoms with Crippen molar-refractivity contribution in [2.75, 3.05) is 0 Å². The van der Waals surface area contributed by atoms with Crippen LogP contribution >= 0.6 is 0 Å². The van der Waals surface area contributed by atoms with Gasteiger partial charge in [0.15, 0.2) is 5.78 Å². The lowest BCUT2D eigenvalue weighted by atomic mass is 9.79. The van der Waals surface area contributed by atoms with Gasteiger partial charge in [-0.2, -0.15) is 0 Å². The summed E-state index contributed by atoms with van der Waals surface area (Å²) in [6.07, 6.45) is 8.00. The summed E-state index contributed by atoms with van der Waals surface area (Å²) in [6.45, 7) is 4.33. The molecule has 1 fully saturated rings. The molecule has 0 amide bonds. The SMILES string of the molecule is CC1(C)CCCC1C(=O)c1cnccn1. The van der Waals surface area contributed by atoms with Crippen LogP contribution in [0.25, 0.3) is 0 Å². The first-order valence-electron chi connectivity index (χ1n) is 5.41. The third kappa shape index (κ3) is 1.91. The van der Waals surface area contributed by atoms with Crippen molar-refractivity contribution < 1.29 is 4.79 Å². The predicted molar refractivity (Wildman–Crippen MR) is 57.5 cm³/mol. The number of Topliss-reactive ketones (excluding diaryl/α,β-unsaturated/α-hetero) is 1. The first kappa shape index (κ1) is 10.3. The van der Waals surface area contributed by atoms with Crippen molar-refractivity contribution in [2.45, 2.75) is 33.1 Å². The number of nitrogens with zero attached hydrogens (tertiary/aromatic N) is 2. The summed E-state index contributed by atoms with van der Waals surface area (Å²) in [4.78, 5) is 20.2. The van der Waals surface area contributed by atoms with Gasteiger partial charge in [0.25, 0.3) is 0 Å². The maximum atomic E-state index is 12.2. The van der Waals surface area contributed by atoms with E-state index in [9.17, 15) is 4.79 Å². The van der Waals surface area contributed by atoms with E-state index >= 15 is 0 Å². The predicted octanol–water partition coefficient (Wildman–Crippen LogP) is 2.49. The fourth-order valence-corrected chi connectivity index (χ4v) is 2.42. The Kier molecular flexibility index (Phi) is 2.55. The van der Waals surface area contributed by atoms with Gasteiger partial charge in [-0.15, -0.1) is 0 Å². The Bertz CT molecular complexity index is 359. The Morgan fingerprint density at radius 3 is 2.80 bits per heavy atom. The molecule has 1 unspecified atom stereocenters. The summed E-state index contributed by atoms with van der Waals surface area (Å²) in [5.41, 5.74) is 0.631. The average molecular weight is 204 g/mol. The number of ketones is 1. The first-order chi connectivity index (χ1) is 7.11. The molecular formula is C12H16N2O. The van der Waals surface area contributed by atoms with E-state index in [4.69, 9.17) is 0 Å². The smallest absolute Gasteiger partial charge is 0.186 e. The Morgan fingerprint density at radius 1 is 1.47 bits per heavy atom. The Hall–Kier alpha value is -1.25.